The summed E-state index contributed by atoms with van der Waals surface area (Å²) >= 11 is 0. The second kappa shape index (κ2) is 7.94. The van der Waals surface area contributed by atoms with Crippen LogP contribution in [0, 0.1) is 10.1 Å². The summed E-state index contributed by atoms with van der Waals surface area (Å²) in [6, 6.07) is 14.6. The summed E-state index contributed by atoms with van der Waals surface area (Å²) in [6.07, 6.45) is -0.493. The van der Waals surface area contributed by atoms with E-state index in [4.69, 9.17) is 4.74 Å². The van der Waals surface area contributed by atoms with Crippen molar-refractivity contribution in [3.8, 4) is 0 Å². The van der Waals surface area contributed by atoms with E-state index in [0.717, 1.165) is 5.69 Å². The highest BCUT2D eigenvalue weighted by molar-refractivity contribution is 5.94. The molecule has 1 saturated heterocycles. The highest BCUT2D eigenvalue weighted by atomic mass is 16.6. The Bertz CT molecular complexity index is 828. The number of cyclic esters (lactones) is 1. The third-order valence-electron chi connectivity index (χ3n) is 4.66. The van der Waals surface area contributed by atoms with E-state index in [1.807, 2.05) is 37.4 Å². The molecule has 8 heteroatoms. The largest absolute Gasteiger partial charge is 0.447 e. The van der Waals surface area contributed by atoms with Gasteiger partial charge >= 0.3 is 6.09 Å². The fourth-order valence-corrected chi connectivity index (χ4v) is 2.93. The maximum atomic E-state index is 11.9. The van der Waals surface area contributed by atoms with Crippen molar-refractivity contribution in [2.75, 3.05) is 41.9 Å². The molecule has 0 aliphatic carbocycles. The van der Waals surface area contributed by atoms with Crippen LogP contribution in [-0.2, 0) is 4.74 Å². The monoisotopic (exact) mass is 370 g/mol. The van der Waals surface area contributed by atoms with Gasteiger partial charge in [0.15, 0.2) is 0 Å². The van der Waals surface area contributed by atoms with Gasteiger partial charge in [-0.05, 0) is 25.1 Å². The van der Waals surface area contributed by atoms with E-state index in [9.17, 15) is 14.9 Å². The van der Waals surface area contributed by atoms with E-state index in [0.29, 0.717) is 24.5 Å². The van der Waals surface area contributed by atoms with Gasteiger partial charge in [-0.1, -0.05) is 18.2 Å². The molecule has 2 aromatic carbocycles. The molecule has 0 saturated carbocycles. The molecular weight excluding hydrogens is 348 g/mol. The van der Waals surface area contributed by atoms with Crippen LogP contribution in [0.4, 0.5) is 27.5 Å². The molecule has 0 radical (unpaired) electrons. The minimum Gasteiger partial charge on any atom is -0.447 e. The number of carbonyl (C=O) groups is 1. The van der Waals surface area contributed by atoms with E-state index in [-0.39, 0.29) is 18.3 Å². The van der Waals surface area contributed by atoms with Crippen LogP contribution in [0.1, 0.15) is 6.92 Å². The Morgan fingerprint density at radius 3 is 2.67 bits per heavy atom. The van der Waals surface area contributed by atoms with Crippen molar-refractivity contribution in [3.63, 3.8) is 0 Å². The van der Waals surface area contributed by atoms with Crippen molar-refractivity contribution < 1.29 is 14.5 Å². The van der Waals surface area contributed by atoms with E-state index in [2.05, 4.69) is 17.1 Å². The number of rotatable bonds is 7. The number of para-hydroxylation sites is 1. The van der Waals surface area contributed by atoms with Crippen LogP contribution in [-0.4, -0.2) is 43.8 Å². The van der Waals surface area contributed by atoms with Crippen molar-refractivity contribution >= 4 is 28.8 Å². The number of nitrogens with zero attached hydrogens (tertiary/aromatic N) is 3. The average molecular weight is 370 g/mol. The first-order valence-corrected chi connectivity index (χ1v) is 8.72. The lowest BCUT2D eigenvalue weighted by Gasteiger charge is -2.28. The lowest BCUT2D eigenvalue weighted by molar-refractivity contribution is -0.384. The summed E-state index contributed by atoms with van der Waals surface area (Å²) < 4.78 is 4.98. The predicted octanol–water partition coefficient (Wildman–Crippen LogP) is 3.49. The highest BCUT2D eigenvalue weighted by Gasteiger charge is 2.27. The predicted molar refractivity (Wildman–Crippen MR) is 105 cm³/mol. The standard InChI is InChI=1S/C19H22N4O4/c1-14(21(2)15-6-4-3-5-7-15)13-20-17-9-8-16(23(25)26)12-18(17)22-10-11-27-19(22)24/h3-9,12,14,20H,10-11,13H2,1-2H3. The van der Waals surface area contributed by atoms with Gasteiger partial charge in [-0.2, -0.15) is 0 Å². The number of benzene rings is 2. The summed E-state index contributed by atoms with van der Waals surface area (Å²) in [7, 11) is 2.01. The first kappa shape index (κ1) is 18.5. The van der Waals surface area contributed by atoms with Crippen molar-refractivity contribution in [2.24, 2.45) is 0 Å². The number of ether oxygens (including phenoxy) is 1. The molecule has 8 nitrogen and oxygen atoms in total. The Balaban J connectivity index is 1.77. The lowest BCUT2D eigenvalue weighted by atomic mass is 10.2. The zero-order valence-electron chi connectivity index (χ0n) is 15.3. The molecule has 1 fully saturated rings. The molecule has 0 aromatic heterocycles. The molecule has 1 atom stereocenters. The van der Waals surface area contributed by atoms with Crippen LogP contribution in [0.5, 0.6) is 0 Å². The zero-order valence-corrected chi connectivity index (χ0v) is 15.3. The Morgan fingerprint density at radius 2 is 2.04 bits per heavy atom. The van der Waals surface area contributed by atoms with Crippen LogP contribution < -0.4 is 15.1 Å². The van der Waals surface area contributed by atoms with Crippen molar-refractivity contribution in [2.45, 2.75) is 13.0 Å². The average Bonchev–Trinajstić information content (AvgIpc) is 3.11. The summed E-state index contributed by atoms with van der Waals surface area (Å²) in [6.45, 7) is 3.32. The third kappa shape index (κ3) is 4.11. The number of nitrogens with one attached hydrogen (secondary N) is 1. The lowest BCUT2D eigenvalue weighted by Crippen LogP contribution is -2.35. The van der Waals surface area contributed by atoms with Gasteiger partial charge in [-0.25, -0.2) is 4.79 Å². The van der Waals surface area contributed by atoms with Gasteiger partial charge in [0.1, 0.15) is 6.61 Å². The molecular formula is C19H22N4O4. The van der Waals surface area contributed by atoms with Gasteiger partial charge in [0, 0.05) is 37.5 Å². The Morgan fingerprint density at radius 1 is 1.30 bits per heavy atom. The number of nitro groups is 1. The fraction of sp³-hybridized carbons (Fsp3) is 0.316. The minimum absolute atomic E-state index is 0.0651. The molecule has 27 heavy (non-hydrogen) atoms. The van der Waals surface area contributed by atoms with E-state index in [1.165, 1.54) is 17.0 Å². The van der Waals surface area contributed by atoms with Gasteiger partial charge in [-0.15, -0.1) is 0 Å². The summed E-state index contributed by atoms with van der Waals surface area (Å²) in [5.41, 5.74) is 2.15. The van der Waals surface area contributed by atoms with E-state index in [1.54, 1.807) is 6.07 Å². The van der Waals surface area contributed by atoms with Crippen molar-refractivity contribution in [3.05, 3.63) is 58.6 Å². The van der Waals surface area contributed by atoms with Crippen LogP contribution in [0.2, 0.25) is 0 Å². The third-order valence-corrected chi connectivity index (χ3v) is 4.66. The molecule has 0 bridgehead atoms. The highest BCUT2D eigenvalue weighted by Crippen LogP contribution is 2.32. The van der Waals surface area contributed by atoms with Gasteiger partial charge in [0.2, 0.25) is 0 Å². The minimum atomic E-state index is -0.493. The maximum absolute atomic E-state index is 11.9. The molecule has 1 aliphatic rings. The Labute approximate surface area is 157 Å². The van der Waals surface area contributed by atoms with Crippen molar-refractivity contribution in [1.82, 2.24) is 0 Å². The van der Waals surface area contributed by atoms with Gasteiger partial charge in [0.05, 0.1) is 22.8 Å². The van der Waals surface area contributed by atoms with Gasteiger partial charge < -0.3 is 15.0 Å². The van der Waals surface area contributed by atoms with Gasteiger partial charge in [-0.3, -0.25) is 15.0 Å². The molecule has 1 N–H and O–H groups in total. The second-order valence-corrected chi connectivity index (χ2v) is 6.40. The topological polar surface area (TPSA) is 88.0 Å². The summed E-state index contributed by atoms with van der Waals surface area (Å²) in [4.78, 5) is 26.1. The number of anilines is 3. The number of non-ortho nitro benzene ring substituents is 1. The van der Waals surface area contributed by atoms with Gasteiger partial charge in [0.25, 0.3) is 5.69 Å². The maximum Gasteiger partial charge on any atom is 0.414 e. The van der Waals surface area contributed by atoms with E-state index < -0.39 is 11.0 Å². The van der Waals surface area contributed by atoms with Crippen LogP contribution >= 0.6 is 0 Å². The van der Waals surface area contributed by atoms with Crippen molar-refractivity contribution in [1.29, 1.82) is 0 Å². The Kier molecular flexibility index (Phi) is 5.44. The smallest absolute Gasteiger partial charge is 0.414 e. The number of hydrogen-bond donors (Lipinski definition) is 1. The molecule has 1 heterocycles. The summed E-state index contributed by atoms with van der Waals surface area (Å²) in [5.74, 6) is 0. The van der Waals surface area contributed by atoms with Crippen LogP contribution in [0.25, 0.3) is 0 Å². The summed E-state index contributed by atoms with van der Waals surface area (Å²) in [5, 5.41) is 14.4. The molecule has 3 rings (SSSR count). The van der Waals surface area contributed by atoms with Crippen LogP contribution in [0.15, 0.2) is 48.5 Å². The Hall–Kier alpha value is -3.29. The first-order chi connectivity index (χ1) is 13.0. The number of hydrogen-bond acceptors (Lipinski definition) is 6. The number of likely N-dealkylation sites (N-methyl/N-ethyl adjacent to an activating group) is 1. The van der Waals surface area contributed by atoms with E-state index >= 15 is 0 Å². The number of amides is 1. The zero-order chi connectivity index (χ0) is 19.4. The molecule has 1 unspecified atom stereocenters. The molecule has 0 spiro atoms. The fourth-order valence-electron chi connectivity index (χ4n) is 2.93. The molecule has 1 aliphatic heterocycles. The number of nitro benzene ring substituents is 1. The second-order valence-electron chi connectivity index (χ2n) is 6.40. The molecule has 2 aromatic rings. The normalized spacial score (nSPS) is 14.6. The SMILES string of the molecule is CC(CNc1ccc([N+](=O)[O-])cc1N1CCOC1=O)N(C)c1ccccc1. The molecule has 1 amide bonds. The quantitative estimate of drug-likeness (QED) is 0.593. The van der Waals surface area contributed by atoms with Crippen LogP contribution in [0.3, 0.4) is 0 Å². The first-order valence-electron chi connectivity index (χ1n) is 8.72. The molecule has 142 valence electrons. The number of carbonyl (C=O) groups excluding carboxylic acids is 1.